The van der Waals surface area contributed by atoms with Crippen molar-refractivity contribution in [3.05, 3.63) is 28.8 Å². The molecule has 0 spiro atoms. The van der Waals surface area contributed by atoms with E-state index in [0.29, 0.717) is 21.3 Å². The molecule has 0 radical (unpaired) electrons. The Kier molecular flexibility index (Phi) is 2.89. The van der Waals surface area contributed by atoms with Gasteiger partial charge in [0.15, 0.2) is 5.72 Å². The van der Waals surface area contributed by atoms with Gasteiger partial charge in [-0.3, -0.25) is 10.0 Å². The largest absolute Gasteiger partial charge is 0.365 e. The predicted octanol–water partition coefficient (Wildman–Crippen LogP) is 2.31. The van der Waals surface area contributed by atoms with E-state index in [1.54, 1.807) is 32.0 Å². The van der Waals surface area contributed by atoms with E-state index in [9.17, 15) is 15.1 Å². The molecule has 0 saturated heterocycles. The molecule has 92 valence electrons. The van der Waals surface area contributed by atoms with Crippen LogP contribution in [-0.4, -0.2) is 16.1 Å². The lowest BCUT2D eigenvalue weighted by Crippen LogP contribution is -2.54. The Morgan fingerprint density at radius 2 is 2.18 bits per heavy atom. The Balaban J connectivity index is 2.29. The van der Waals surface area contributed by atoms with E-state index < -0.39 is 5.72 Å². The number of halogens is 1. The number of benzene rings is 1. The molecule has 0 saturated carbocycles. The van der Waals surface area contributed by atoms with Gasteiger partial charge < -0.3 is 5.11 Å². The van der Waals surface area contributed by atoms with E-state index in [1.807, 2.05) is 0 Å². The van der Waals surface area contributed by atoms with Crippen molar-refractivity contribution < 1.29 is 15.1 Å². The number of fused-ring (bicyclic) bond motifs is 1. The number of carbonyl (C=O) groups excluding carboxylic acids is 1. The molecule has 1 heterocycles. The first-order chi connectivity index (χ1) is 7.86. The smallest absolute Gasteiger partial charge is 0.197 e. The van der Waals surface area contributed by atoms with Crippen molar-refractivity contribution in [1.29, 1.82) is 0 Å². The highest BCUT2D eigenvalue weighted by molar-refractivity contribution is 6.31. The Bertz CT molecular complexity index is 475. The molecule has 0 amide bonds. The van der Waals surface area contributed by atoms with Gasteiger partial charge in [-0.15, -0.1) is 0 Å². The summed E-state index contributed by atoms with van der Waals surface area (Å²) in [7, 11) is 0. The van der Waals surface area contributed by atoms with Gasteiger partial charge in [-0.05, 0) is 12.1 Å². The van der Waals surface area contributed by atoms with Crippen LogP contribution in [0.4, 0.5) is 5.69 Å². The second-order valence-electron chi connectivity index (χ2n) is 4.59. The van der Waals surface area contributed by atoms with E-state index >= 15 is 0 Å². The van der Waals surface area contributed by atoms with Gasteiger partial charge in [0.05, 0.1) is 12.1 Å². The quantitative estimate of drug-likeness (QED) is 0.870. The van der Waals surface area contributed by atoms with Crippen LogP contribution in [0.3, 0.4) is 0 Å². The van der Waals surface area contributed by atoms with Gasteiger partial charge in [0.1, 0.15) is 5.78 Å². The highest BCUT2D eigenvalue weighted by Gasteiger charge is 2.49. The molecule has 1 atom stereocenters. The van der Waals surface area contributed by atoms with Gasteiger partial charge in [-0.1, -0.05) is 31.5 Å². The first-order valence-corrected chi connectivity index (χ1v) is 5.78. The molecular formula is C12H14ClNO3. The van der Waals surface area contributed by atoms with Crippen LogP contribution in [0.15, 0.2) is 18.2 Å². The summed E-state index contributed by atoms with van der Waals surface area (Å²) in [5, 5.41) is 21.2. The van der Waals surface area contributed by atoms with E-state index in [-0.39, 0.29) is 18.1 Å². The molecule has 0 aliphatic carbocycles. The van der Waals surface area contributed by atoms with Crippen molar-refractivity contribution in [1.82, 2.24) is 0 Å². The number of hydroxylamine groups is 1. The molecule has 17 heavy (non-hydrogen) atoms. The standard InChI is InChI=1S/C12H14ClNO3/c1-7(2)11(15)6-12(16)9-4-3-8(13)5-10(9)14(12)17/h3-5,7,16-17H,6H2,1-2H3. The summed E-state index contributed by atoms with van der Waals surface area (Å²) in [5.74, 6) is -0.282. The van der Waals surface area contributed by atoms with Gasteiger partial charge in [0.25, 0.3) is 0 Å². The van der Waals surface area contributed by atoms with E-state index in [1.165, 1.54) is 0 Å². The van der Waals surface area contributed by atoms with Crippen LogP contribution in [-0.2, 0) is 10.5 Å². The fourth-order valence-electron chi connectivity index (χ4n) is 1.90. The third-order valence-electron chi connectivity index (χ3n) is 3.03. The first kappa shape index (κ1) is 12.4. The number of hydrogen-bond acceptors (Lipinski definition) is 4. The molecule has 2 N–H and O–H groups in total. The molecular weight excluding hydrogens is 242 g/mol. The fourth-order valence-corrected chi connectivity index (χ4v) is 2.06. The van der Waals surface area contributed by atoms with Crippen LogP contribution in [0.5, 0.6) is 0 Å². The van der Waals surface area contributed by atoms with Crippen LogP contribution in [0.2, 0.25) is 5.02 Å². The van der Waals surface area contributed by atoms with Gasteiger partial charge >= 0.3 is 0 Å². The molecule has 1 aliphatic rings. The highest BCUT2D eigenvalue weighted by Crippen LogP contribution is 2.48. The molecule has 1 unspecified atom stereocenters. The molecule has 4 nitrogen and oxygen atoms in total. The third kappa shape index (κ3) is 1.82. The zero-order chi connectivity index (χ0) is 12.8. The van der Waals surface area contributed by atoms with Crippen molar-refractivity contribution in [2.75, 3.05) is 5.06 Å². The van der Waals surface area contributed by atoms with Gasteiger partial charge in [0, 0.05) is 16.5 Å². The number of ketones is 1. The number of carbonyl (C=O) groups is 1. The maximum absolute atomic E-state index is 11.6. The van der Waals surface area contributed by atoms with E-state index in [0.717, 1.165) is 0 Å². The van der Waals surface area contributed by atoms with Crippen LogP contribution in [0, 0.1) is 5.92 Å². The Morgan fingerprint density at radius 3 is 2.76 bits per heavy atom. The maximum Gasteiger partial charge on any atom is 0.197 e. The average molecular weight is 256 g/mol. The first-order valence-electron chi connectivity index (χ1n) is 5.40. The van der Waals surface area contributed by atoms with Crippen LogP contribution >= 0.6 is 11.6 Å². The number of hydrogen-bond donors (Lipinski definition) is 2. The summed E-state index contributed by atoms with van der Waals surface area (Å²) < 4.78 is 0. The SMILES string of the molecule is CC(C)C(=O)CC1(O)c2ccc(Cl)cc2N1O. The Morgan fingerprint density at radius 1 is 1.53 bits per heavy atom. The summed E-state index contributed by atoms with van der Waals surface area (Å²) in [5.41, 5.74) is -0.642. The topological polar surface area (TPSA) is 60.8 Å². The monoisotopic (exact) mass is 255 g/mol. The van der Waals surface area contributed by atoms with Crippen molar-refractivity contribution >= 4 is 23.1 Å². The number of rotatable bonds is 3. The highest BCUT2D eigenvalue weighted by atomic mass is 35.5. The van der Waals surface area contributed by atoms with Crippen LogP contribution in [0.1, 0.15) is 25.8 Å². The number of Topliss-reactive ketones (excluding diaryl/α,β-unsaturated/α-hetero) is 1. The summed E-state index contributed by atoms with van der Waals surface area (Å²) >= 11 is 5.78. The minimum atomic E-state index is -1.61. The van der Waals surface area contributed by atoms with Gasteiger partial charge in [-0.2, -0.15) is 0 Å². The predicted molar refractivity (Wildman–Crippen MR) is 64.1 cm³/mol. The molecule has 5 heteroatoms. The second-order valence-corrected chi connectivity index (χ2v) is 5.02. The minimum Gasteiger partial charge on any atom is -0.365 e. The molecule has 0 aromatic heterocycles. The van der Waals surface area contributed by atoms with Crippen molar-refractivity contribution in [3.8, 4) is 0 Å². The van der Waals surface area contributed by atoms with Crippen molar-refractivity contribution in [3.63, 3.8) is 0 Å². The summed E-state index contributed by atoms with van der Waals surface area (Å²) in [6, 6.07) is 4.79. The van der Waals surface area contributed by atoms with Gasteiger partial charge in [-0.25, -0.2) is 5.06 Å². The normalized spacial score (nSPS) is 22.4. The van der Waals surface area contributed by atoms with Crippen molar-refractivity contribution in [2.45, 2.75) is 26.0 Å². The Hall–Kier alpha value is -1.10. The average Bonchev–Trinajstić information content (AvgIpc) is 2.27. The van der Waals surface area contributed by atoms with Crippen LogP contribution in [0.25, 0.3) is 0 Å². The molecule has 0 bridgehead atoms. The summed E-state index contributed by atoms with van der Waals surface area (Å²) in [6.07, 6.45) is -0.129. The molecule has 0 fully saturated rings. The zero-order valence-electron chi connectivity index (χ0n) is 9.64. The fraction of sp³-hybridized carbons (Fsp3) is 0.417. The minimum absolute atomic E-state index is 0.104. The van der Waals surface area contributed by atoms with E-state index in [4.69, 9.17) is 11.6 Å². The van der Waals surface area contributed by atoms with Gasteiger partial charge in [0.2, 0.25) is 0 Å². The number of nitrogens with zero attached hydrogens (tertiary/aromatic N) is 1. The Labute approximate surface area is 104 Å². The molecule has 1 aromatic carbocycles. The number of anilines is 1. The molecule has 2 rings (SSSR count). The van der Waals surface area contributed by atoms with Crippen LogP contribution < -0.4 is 5.06 Å². The number of aliphatic hydroxyl groups is 1. The second kappa shape index (κ2) is 3.98. The lowest BCUT2D eigenvalue weighted by Gasteiger charge is -2.47. The third-order valence-corrected chi connectivity index (χ3v) is 3.27. The lowest BCUT2D eigenvalue weighted by molar-refractivity contribution is -0.134. The maximum atomic E-state index is 11.6. The van der Waals surface area contributed by atoms with E-state index in [2.05, 4.69) is 0 Å². The molecule has 1 aromatic rings. The summed E-state index contributed by atoms with van der Waals surface area (Å²) in [4.78, 5) is 11.6. The molecule has 1 aliphatic heterocycles. The summed E-state index contributed by atoms with van der Waals surface area (Å²) in [6.45, 7) is 3.52. The lowest BCUT2D eigenvalue weighted by atomic mass is 9.85. The zero-order valence-corrected chi connectivity index (χ0v) is 10.4. The van der Waals surface area contributed by atoms with Crippen molar-refractivity contribution in [2.24, 2.45) is 5.92 Å².